The van der Waals surface area contributed by atoms with Gasteiger partial charge >= 0.3 is 0 Å². The number of guanidine groups is 1. The van der Waals surface area contributed by atoms with Gasteiger partial charge in [0.2, 0.25) is 5.91 Å². The third-order valence-corrected chi connectivity index (χ3v) is 3.65. The Morgan fingerprint density at radius 3 is 2.50 bits per heavy atom. The lowest BCUT2D eigenvalue weighted by Gasteiger charge is -2.12. The van der Waals surface area contributed by atoms with Crippen molar-refractivity contribution in [3.63, 3.8) is 0 Å². The van der Waals surface area contributed by atoms with Crippen LogP contribution in [0.2, 0.25) is 0 Å². The van der Waals surface area contributed by atoms with Gasteiger partial charge < -0.3 is 16.0 Å². The predicted octanol–water partition coefficient (Wildman–Crippen LogP) is 1.65. The van der Waals surface area contributed by atoms with Crippen LogP contribution >= 0.6 is 0 Å². The largest absolute Gasteiger partial charge is 0.357 e. The first-order chi connectivity index (χ1) is 9.72. The standard InChI is InChI=1S/C15H30N4O/c1-3-16-15(19-12-11-17-13(2)20)18-10-6-9-14-7-4-5-8-14/h14H,3-12H2,1-2H3,(H,17,20)(H2,16,18,19). The van der Waals surface area contributed by atoms with Crippen LogP contribution < -0.4 is 16.0 Å². The van der Waals surface area contributed by atoms with Crippen molar-refractivity contribution < 1.29 is 4.79 Å². The first-order valence-corrected chi connectivity index (χ1v) is 7.99. The number of hydrogen-bond donors (Lipinski definition) is 3. The highest BCUT2D eigenvalue weighted by Crippen LogP contribution is 2.28. The Balaban J connectivity index is 2.14. The maximum absolute atomic E-state index is 10.8. The van der Waals surface area contributed by atoms with E-state index >= 15 is 0 Å². The SMILES string of the molecule is CCNC(=NCCCC1CCCC1)NCCNC(C)=O. The van der Waals surface area contributed by atoms with Crippen molar-refractivity contribution in [2.24, 2.45) is 10.9 Å². The highest BCUT2D eigenvalue weighted by atomic mass is 16.1. The summed E-state index contributed by atoms with van der Waals surface area (Å²) in [6.07, 6.45) is 8.15. The van der Waals surface area contributed by atoms with Gasteiger partial charge in [-0.05, 0) is 25.7 Å². The van der Waals surface area contributed by atoms with Crippen LogP contribution in [0.25, 0.3) is 0 Å². The number of hydrogen-bond acceptors (Lipinski definition) is 2. The highest BCUT2D eigenvalue weighted by molar-refractivity contribution is 5.79. The zero-order valence-corrected chi connectivity index (χ0v) is 13.0. The molecule has 20 heavy (non-hydrogen) atoms. The average molecular weight is 282 g/mol. The van der Waals surface area contributed by atoms with E-state index in [-0.39, 0.29) is 5.91 Å². The van der Waals surface area contributed by atoms with E-state index in [0.717, 1.165) is 25.0 Å². The minimum Gasteiger partial charge on any atom is -0.357 e. The summed E-state index contributed by atoms with van der Waals surface area (Å²) in [5.41, 5.74) is 0. The molecule has 1 aliphatic rings. The molecule has 0 bridgehead atoms. The van der Waals surface area contributed by atoms with E-state index in [1.165, 1.54) is 45.4 Å². The molecule has 0 saturated heterocycles. The number of nitrogens with zero attached hydrogens (tertiary/aromatic N) is 1. The maximum atomic E-state index is 10.8. The minimum absolute atomic E-state index is 0.00491. The molecular weight excluding hydrogens is 252 g/mol. The molecule has 0 aromatic heterocycles. The fourth-order valence-electron chi connectivity index (χ4n) is 2.63. The van der Waals surface area contributed by atoms with Gasteiger partial charge in [0.1, 0.15) is 0 Å². The Labute approximate surface area is 123 Å². The predicted molar refractivity (Wildman–Crippen MR) is 83.9 cm³/mol. The minimum atomic E-state index is 0.00491. The summed E-state index contributed by atoms with van der Waals surface area (Å²) < 4.78 is 0. The number of carbonyl (C=O) groups excluding carboxylic acids is 1. The molecule has 1 fully saturated rings. The van der Waals surface area contributed by atoms with Crippen molar-refractivity contribution in [1.82, 2.24) is 16.0 Å². The van der Waals surface area contributed by atoms with Crippen molar-refractivity contribution in [3.8, 4) is 0 Å². The van der Waals surface area contributed by atoms with Gasteiger partial charge in [-0.1, -0.05) is 25.7 Å². The Morgan fingerprint density at radius 2 is 1.85 bits per heavy atom. The molecule has 0 atom stereocenters. The number of carbonyl (C=O) groups is 1. The number of amides is 1. The van der Waals surface area contributed by atoms with Gasteiger partial charge in [0.15, 0.2) is 5.96 Å². The van der Waals surface area contributed by atoms with Crippen LogP contribution in [0.15, 0.2) is 4.99 Å². The van der Waals surface area contributed by atoms with Crippen molar-refractivity contribution in [2.75, 3.05) is 26.2 Å². The molecular formula is C15H30N4O. The zero-order valence-electron chi connectivity index (χ0n) is 13.0. The van der Waals surface area contributed by atoms with Crippen LogP contribution in [-0.4, -0.2) is 38.0 Å². The molecule has 1 rings (SSSR count). The van der Waals surface area contributed by atoms with E-state index in [1.807, 2.05) is 0 Å². The number of nitrogens with one attached hydrogen (secondary N) is 3. The summed E-state index contributed by atoms with van der Waals surface area (Å²) in [6, 6.07) is 0. The van der Waals surface area contributed by atoms with Gasteiger partial charge in [0, 0.05) is 33.1 Å². The smallest absolute Gasteiger partial charge is 0.216 e. The molecule has 0 spiro atoms. The zero-order chi connectivity index (χ0) is 14.6. The van der Waals surface area contributed by atoms with Crippen molar-refractivity contribution in [3.05, 3.63) is 0 Å². The van der Waals surface area contributed by atoms with E-state index in [4.69, 9.17) is 0 Å². The molecule has 1 amide bonds. The molecule has 5 heteroatoms. The summed E-state index contributed by atoms with van der Waals surface area (Å²) in [6.45, 7) is 6.66. The van der Waals surface area contributed by atoms with E-state index in [9.17, 15) is 4.79 Å². The van der Waals surface area contributed by atoms with Crippen LogP contribution in [0.3, 0.4) is 0 Å². The summed E-state index contributed by atoms with van der Waals surface area (Å²) >= 11 is 0. The topological polar surface area (TPSA) is 65.5 Å². The van der Waals surface area contributed by atoms with Gasteiger partial charge in [-0.3, -0.25) is 9.79 Å². The summed E-state index contributed by atoms with van der Waals surface area (Å²) in [5, 5.41) is 9.22. The lowest BCUT2D eigenvalue weighted by atomic mass is 10.0. The van der Waals surface area contributed by atoms with Crippen molar-refractivity contribution in [2.45, 2.75) is 52.4 Å². The first kappa shape index (κ1) is 16.8. The van der Waals surface area contributed by atoms with Gasteiger partial charge in [-0.15, -0.1) is 0 Å². The van der Waals surface area contributed by atoms with Crippen LogP contribution in [0, 0.1) is 5.92 Å². The molecule has 0 heterocycles. The molecule has 1 aliphatic carbocycles. The van der Waals surface area contributed by atoms with E-state index in [1.54, 1.807) is 0 Å². The second-order valence-corrected chi connectivity index (χ2v) is 5.46. The lowest BCUT2D eigenvalue weighted by Crippen LogP contribution is -2.41. The Morgan fingerprint density at radius 1 is 1.15 bits per heavy atom. The second-order valence-electron chi connectivity index (χ2n) is 5.46. The van der Waals surface area contributed by atoms with Gasteiger partial charge in [0.05, 0.1) is 0 Å². The van der Waals surface area contributed by atoms with E-state index in [2.05, 4.69) is 27.9 Å². The molecule has 0 aromatic carbocycles. The monoisotopic (exact) mass is 282 g/mol. The summed E-state index contributed by atoms with van der Waals surface area (Å²) in [5.74, 6) is 1.80. The third-order valence-electron chi connectivity index (χ3n) is 3.65. The number of aliphatic imine (C=N–C) groups is 1. The Hall–Kier alpha value is -1.26. The fourth-order valence-corrected chi connectivity index (χ4v) is 2.63. The molecule has 0 radical (unpaired) electrons. The highest BCUT2D eigenvalue weighted by Gasteiger charge is 2.13. The molecule has 0 aromatic rings. The molecule has 5 nitrogen and oxygen atoms in total. The van der Waals surface area contributed by atoms with E-state index < -0.39 is 0 Å². The van der Waals surface area contributed by atoms with Gasteiger partial charge in [-0.25, -0.2) is 0 Å². The summed E-state index contributed by atoms with van der Waals surface area (Å²) in [7, 11) is 0. The summed E-state index contributed by atoms with van der Waals surface area (Å²) in [4.78, 5) is 15.3. The normalized spacial score (nSPS) is 16.2. The molecule has 116 valence electrons. The van der Waals surface area contributed by atoms with Gasteiger partial charge in [0.25, 0.3) is 0 Å². The Bertz CT molecular complexity index is 298. The quantitative estimate of drug-likeness (QED) is 0.360. The lowest BCUT2D eigenvalue weighted by molar-refractivity contribution is -0.118. The first-order valence-electron chi connectivity index (χ1n) is 7.99. The third kappa shape index (κ3) is 8.02. The van der Waals surface area contributed by atoms with Crippen LogP contribution in [0.4, 0.5) is 0 Å². The average Bonchev–Trinajstić information content (AvgIpc) is 2.92. The van der Waals surface area contributed by atoms with Gasteiger partial charge in [-0.2, -0.15) is 0 Å². The fraction of sp³-hybridized carbons (Fsp3) is 0.867. The van der Waals surface area contributed by atoms with Crippen molar-refractivity contribution in [1.29, 1.82) is 0 Å². The molecule has 0 unspecified atom stereocenters. The van der Waals surface area contributed by atoms with Crippen LogP contribution in [0.1, 0.15) is 52.4 Å². The molecule has 0 aliphatic heterocycles. The maximum Gasteiger partial charge on any atom is 0.216 e. The second kappa shape index (κ2) is 10.5. The van der Waals surface area contributed by atoms with Crippen LogP contribution in [-0.2, 0) is 4.79 Å². The Kier molecular flexibility index (Phi) is 8.83. The van der Waals surface area contributed by atoms with E-state index in [0.29, 0.717) is 13.1 Å². The van der Waals surface area contributed by atoms with Crippen molar-refractivity contribution >= 4 is 11.9 Å². The molecule has 1 saturated carbocycles. The molecule has 3 N–H and O–H groups in total. The number of rotatable bonds is 8. The van der Waals surface area contributed by atoms with Crippen LogP contribution in [0.5, 0.6) is 0 Å².